The quantitative estimate of drug-likeness (QED) is 0.705. The van der Waals surface area contributed by atoms with Crippen LogP contribution in [0.15, 0.2) is 35.2 Å². The first-order chi connectivity index (χ1) is 13.5. The number of carbonyl (C=O) groups is 1. The molecule has 2 atom stereocenters. The summed E-state index contributed by atoms with van der Waals surface area (Å²) in [5.41, 5.74) is 0. The summed E-state index contributed by atoms with van der Waals surface area (Å²) in [6.45, 7) is 7.04. The van der Waals surface area contributed by atoms with E-state index in [-0.39, 0.29) is 18.4 Å². The highest BCUT2D eigenvalue weighted by Gasteiger charge is 2.33. The molecule has 28 heavy (non-hydrogen) atoms. The van der Waals surface area contributed by atoms with Crippen molar-refractivity contribution in [3.05, 3.63) is 30.3 Å². The van der Waals surface area contributed by atoms with Crippen molar-refractivity contribution in [2.75, 3.05) is 39.3 Å². The van der Waals surface area contributed by atoms with Crippen LogP contribution >= 0.6 is 0 Å². The van der Waals surface area contributed by atoms with Crippen LogP contribution in [0.1, 0.15) is 39.0 Å². The molecule has 2 aliphatic heterocycles. The molecule has 2 heterocycles. The van der Waals surface area contributed by atoms with Gasteiger partial charge in [0.25, 0.3) is 0 Å². The third-order valence-electron chi connectivity index (χ3n) is 5.83. The van der Waals surface area contributed by atoms with Crippen molar-refractivity contribution in [1.29, 1.82) is 0 Å². The summed E-state index contributed by atoms with van der Waals surface area (Å²) in [6, 6.07) is 8.48. The Labute approximate surface area is 169 Å². The van der Waals surface area contributed by atoms with Gasteiger partial charge in [0.1, 0.15) is 0 Å². The number of amides is 1. The van der Waals surface area contributed by atoms with Gasteiger partial charge in [-0.2, -0.15) is 4.31 Å². The van der Waals surface area contributed by atoms with E-state index in [0.717, 1.165) is 44.8 Å². The molecule has 0 aliphatic carbocycles. The van der Waals surface area contributed by atoms with E-state index in [4.69, 9.17) is 0 Å². The highest BCUT2D eigenvalue weighted by Crippen LogP contribution is 2.23. The van der Waals surface area contributed by atoms with Gasteiger partial charge in [-0.3, -0.25) is 4.79 Å². The molecule has 0 aromatic heterocycles. The molecule has 0 bridgehead atoms. The van der Waals surface area contributed by atoms with E-state index in [9.17, 15) is 13.2 Å². The fraction of sp³-hybridized carbons (Fsp3) is 0.667. The van der Waals surface area contributed by atoms with Crippen LogP contribution in [0.25, 0.3) is 0 Å². The monoisotopic (exact) mass is 407 g/mol. The lowest BCUT2D eigenvalue weighted by atomic mass is 9.99. The van der Waals surface area contributed by atoms with Crippen LogP contribution in [0.3, 0.4) is 0 Å². The number of hydrogen-bond donors (Lipinski definition) is 1. The second-order valence-corrected chi connectivity index (χ2v) is 10.1. The maximum atomic E-state index is 12.8. The first kappa shape index (κ1) is 21.3. The molecule has 0 spiro atoms. The maximum Gasteiger partial charge on any atom is 0.243 e. The third-order valence-corrected chi connectivity index (χ3v) is 7.71. The van der Waals surface area contributed by atoms with E-state index < -0.39 is 10.0 Å². The molecule has 7 heteroatoms. The Hall–Kier alpha value is -1.44. The van der Waals surface area contributed by atoms with Gasteiger partial charge in [-0.1, -0.05) is 25.1 Å². The number of piperidine rings is 2. The van der Waals surface area contributed by atoms with E-state index in [0.29, 0.717) is 18.0 Å². The molecular weight excluding hydrogens is 374 g/mol. The van der Waals surface area contributed by atoms with Crippen molar-refractivity contribution in [3.8, 4) is 0 Å². The number of likely N-dealkylation sites (tertiary alicyclic amines) is 1. The number of rotatable bonds is 7. The summed E-state index contributed by atoms with van der Waals surface area (Å²) in [6.07, 6.45) is 4.99. The van der Waals surface area contributed by atoms with Crippen LogP contribution < -0.4 is 5.32 Å². The molecule has 2 fully saturated rings. The van der Waals surface area contributed by atoms with Crippen molar-refractivity contribution < 1.29 is 13.2 Å². The summed E-state index contributed by atoms with van der Waals surface area (Å²) in [4.78, 5) is 15.3. The molecule has 1 aromatic rings. The van der Waals surface area contributed by atoms with Gasteiger partial charge in [-0.05, 0) is 63.2 Å². The minimum absolute atomic E-state index is 0.0139. The molecule has 0 radical (unpaired) electrons. The Kier molecular flexibility index (Phi) is 7.48. The Morgan fingerprint density at radius 2 is 1.86 bits per heavy atom. The molecule has 0 saturated carbocycles. The Balaban J connectivity index is 1.45. The van der Waals surface area contributed by atoms with E-state index in [1.54, 1.807) is 30.3 Å². The normalized spacial score (nSPS) is 24.8. The summed E-state index contributed by atoms with van der Waals surface area (Å²) in [7, 11) is -3.53. The van der Waals surface area contributed by atoms with Gasteiger partial charge in [0.15, 0.2) is 0 Å². The van der Waals surface area contributed by atoms with Gasteiger partial charge in [0, 0.05) is 26.2 Å². The smallest absolute Gasteiger partial charge is 0.243 e. The highest BCUT2D eigenvalue weighted by atomic mass is 32.2. The van der Waals surface area contributed by atoms with E-state index in [1.165, 1.54) is 17.1 Å². The molecule has 2 unspecified atom stereocenters. The SMILES string of the molecule is CC1CCCN(CCCNC(=O)C2CCCN(S(=O)(=O)c3ccccc3)C2)C1. The molecule has 1 amide bonds. The minimum atomic E-state index is -3.53. The largest absolute Gasteiger partial charge is 0.356 e. The zero-order valence-electron chi connectivity index (χ0n) is 16.8. The standard InChI is InChI=1S/C21H33N3O3S/c1-18-8-5-13-23(16-18)14-7-12-22-21(25)19-9-6-15-24(17-19)28(26,27)20-10-3-2-4-11-20/h2-4,10-11,18-19H,5-9,12-17H2,1H3,(H,22,25). The lowest BCUT2D eigenvalue weighted by Crippen LogP contribution is -2.45. The molecule has 2 saturated heterocycles. The van der Waals surface area contributed by atoms with Crippen LogP contribution in [-0.2, 0) is 14.8 Å². The molecule has 3 rings (SSSR count). The molecule has 1 N–H and O–H groups in total. The molecule has 6 nitrogen and oxygen atoms in total. The molecule has 1 aromatic carbocycles. The third kappa shape index (κ3) is 5.55. The first-order valence-corrected chi connectivity index (χ1v) is 12.0. The van der Waals surface area contributed by atoms with Crippen LogP contribution in [-0.4, -0.2) is 62.8 Å². The number of carbonyl (C=O) groups excluding carboxylic acids is 1. The summed E-state index contributed by atoms with van der Waals surface area (Å²) >= 11 is 0. The first-order valence-electron chi connectivity index (χ1n) is 10.5. The van der Waals surface area contributed by atoms with E-state index in [2.05, 4.69) is 17.1 Å². The van der Waals surface area contributed by atoms with Crippen molar-refractivity contribution in [1.82, 2.24) is 14.5 Å². The number of benzene rings is 1. The number of hydrogen-bond acceptors (Lipinski definition) is 4. The minimum Gasteiger partial charge on any atom is -0.356 e. The average molecular weight is 408 g/mol. The predicted molar refractivity (Wildman–Crippen MR) is 110 cm³/mol. The Morgan fingerprint density at radius 1 is 1.11 bits per heavy atom. The van der Waals surface area contributed by atoms with Gasteiger partial charge >= 0.3 is 0 Å². The van der Waals surface area contributed by atoms with Gasteiger partial charge in [0.05, 0.1) is 10.8 Å². The highest BCUT2D eigenvalue weighted by molar-refractivity contribution is 7.89. The summed E-state index contributed by atoms with van der Waals surface area (Å²) in [5, 5.41) is 3.03. The zero-order chi connectivity index (χ0) is 20.0. The topological polar surface area (TPSA) is 69.7 Å². The number of nitrogens with one attached hydrogen (secondary N) is 1. The van der Waals surface area contributed by atoms with Gasteiger partial charge in [-0.15, -0.1) is 0 Å². The van der Waals surface area contributed by atoms with Crippen LogP contribution in [0, 0.1) is 11.8 Å². The van der Waals surface area contributed by atoms with Crippen molar-refractivity contribution in [3.63, 3.8) is 0 Å². The van der Waals surface area contributed by atoms with Crippen molar-refractivity contribution >= 4 is 15.9 Å². The molecule has 156 valence electrons. The van der Waals surface area contributed by atoms with Crippen LogP contribution in [0.4, 0.5) is 0 Å². The summed E-state index contributed by atoms with van der Waals surface area (Å²) in [5.74, 6) is 0.491. The Bertz CT molecular complexity index is 739. The number of sulfonamides is 1. The summed E-state index contributed by atoms with van der Waals surface area (Å²) < 4.78 is 27.1. The molecule has 2 aliphatic rings. The molecular formula is C21H33N3O3S. The predicted octanol–water partition coefficient (Wildman–Crippen LogP) is 2.33. The van der Waals surface area contributed by atoms with E-state index >= 15 is 0 Å². The Morgan fingerprint density at radius 3 is 2.61 bits per heavy atom. The maximum absolute atomic E-state index is 12.8. The van der Waals surface area contributed by atoms with Crippen LogP contribution in [0.2, 0.25) is 0 Å². The van der Waals surface area contributed by atoms with Gasteiger partial charge in [0.2, 0.25) is 15.9 Å². The second-order valence-electron chi connectivity index (χ2n) is 8.21. The zero-order valence-corrected chi connectivity index (χ0v) is 17.7. The van der Waals surface area contributed by atoms with Crippen molar-refractivity contribution in [2.45, 2.75) is 43.9 Å². The van der Waals surface area contributed by atoms with Gasteiger partial charge < -0.3 is 10.2 Å². The fourth-order valence-electron chi connectivity index (χ4n) is 4.26. The lowest BCUT2D eigenvalue weighted by molar-refractivity contribution is -0.126. The number of nitrogens with zero attached hydrogens (tertiary/aromatic N) is 2. The second kappa shape index (κ2) is 9.85. The van der Waals surface area contributed by atoms with Gasteiger partial charge in [-0.25, -0.2) is 8.42 Å². The average Bonchev–Trinajstić information content (AvgIpc) is 2.72. The van der Waals surface area contributed by atoms with E-state index in [1.807, 2.05) is 0 Å². The lowest BCUT2D eigenvalue weighted by Gasteiger charge is -2.32. The fourth-order valence-corrected chi connectivity index (χ4v) is 5.81. The van der Waals surface area contributed by atoms with Crippen LogP contribution in [0.5, 0.6) is 0 Å². The van der Waals surface area contributed by atoms with Crippen molar-refractivity contribution in [2.24, 2.45) is 11.8 Å².